The Bertz CT molecular complexity index is 800. The molecule has 2 fully saturated rings. The van der Waals surface area contributed by atoms with Crippen LogP contribution in [0.25, 0.3) is 0 Å². The largest absolute Gasteiger partial charge is 0.369 e. The first-order chi connectivity index (χ1) is 13.1. The lowest BCUT2D eigenvalue weighted by Crippen LogP contribution is -2.47. The van der Waals surface area contributed by atoms with E-state index in [4.69, 9.17) is 0 Å². The second kappa shape index (κ2) is 7.73. The fourth-order valence-corrected chi connectivity index (χ4v) is 3.94. The van der Waals surface area contributed by atoms with Crippen molar-refractivity contribution >= 4 is 17.3 Å². The highest BCUT2D eigenvalue weighted by Crippen LogP contribution is 2.30. The van der Waals surface area contributed by atoms with Crippen molar-refractivity contribution in [1.82, 2.24) is 4.90 Å². The Balaban J connectivity index is 1.39. The van der Waals surface area contributed by atoms with Gasteiger partial charge in [-0.05, 0) is 62.9 Å². The number of carbonyl (C=O) groups is 1. The molecule has 4 nitrogen and oxygen atoms in total. The predicted molar refractivity (Wildman–Crippen MR) is 112 cm³/mol. The number of piperazine rings is 1. The number of benzene rings is 2. The molecule has 1 N–H and O–H groups in total. The number of aryl methyl sites for hydroxylation is 2. The summed E-state index contributed by atoms with van der Waals surface area (Å²) < 4.78 is 0. The molecule has 4 rings (SSSR count). The monoisotopic (exact) mass is 363 g/mol. The van der Waals surface area contributed by atoms with Crippen LogP contribution in [-0.2, 0) is 0 Å². The Hall–Kier alpha value is -2.33. The summed E-state index contributed by atoms with van der Waals surface area (Å²) >= 11 is 0. The Labute approximate surface area is 162 Å². The van der Waals surface area contributed by atoms with Crippen molar-refractivity contribution in [3.8, 4) is 0 Å². The van der Waals surface area contributed by atoms with Crippen LogP contribution in [0.5, 0.6) is 0 Å². The molecule has 1 heterocycles. The predicted octanol–water partition coefficient (Wildman–Crippen LogP) is 4.09. The van der Waals surface area contributed by atoms with Gasteiger partial charge in [0.1, 0.15) is 0 Å². The van der Waals surface area contributed by atoms with Crippen molar-refractivity contribution < 1.29 is 4.79 Å². The normalized spacial score (nSPS) is 17.8. The molecular formula is C23H29N3O. The summed E-state index contributed by atoms with van der Waals surface area (Å²) in [7, 11) is 0. The van der Waals surface area contributed by atoms with E-state index in [1.54, 1.807) is 0 Å². The number of hydrogen-bond donors (Lipinski definition) is 1. The smallest absolute Gasteiger partial charge is 0.255 e. The Morgan fingerprint density at radius 1 is 1.00 bits per heavy atom. The number of hydrogen-bond acceptors (Lipinski definition) is 3. The van der Waals surface area contributed by atoms with Gasteiger partial charge in [-0.25, -0.2) is 0 Å². The van der Waals surface area contributed by atoms with Crippen LogP contribution in [0, 0.1) is 19.8 Å². The molecule has 4 heteroatoms. The van der Waals surface area contributed by atoms with Crippen LogP contribution >= 0.6 is 0 Å². The van der Waals surface area contributed by atoms with E-state index in [0.717, 1.165) is 48.9 Å². The average molecular weight is 364 g/mol. The fourth-order valence-electron chi connectivity index (χ4n) is 3.94. The minimum atomic E-state index is -0.0480. The molecule has 27 heavy (non-hydrogen) atoms. The van der Waals surface area contributed by atoms with Crippen LogP contribution in [-0.4, -0.2) is 43.5 Å². The molecule has 0 aromatic heterocycles. The average Bonchev–Trinajstić information content (AvgIpc) is 3.46. The van der Waals surface area contributed by atoms with Crippen LogP contribution in [0.2, 0.25) is 0 Å². The molecule has 142 valence electrons. The van der Waals surface area contributed by atoms with E-state index in [-0.39, 0.29) is 5.91 Å². The standard InChI is InChI=1S/C23H29N3O/c1-17-12-18(2)14-20(13-17)23(27)24-21-4-3-5-22(15-21)26-10-8-25(9-11-26)16-19-6-7-19/h3-5,12-15,19H,6-11,16H2,1-2H3,(H,24,27). The second-order valence-electron chi connectivity index (χ2n) is 8.11. The van der Waals surface area contributed by atoms with Crippen molar-refractivity contribution in [2.45, 2.75) is 26.7 Å². The Morgan fingerprint density at radius 2 is 1.70 bits per heavy atom. The lowest BCUT2D eigenvalue weighted by atomic mass is 10.1. The maximum absolute atomic E-state index is 12.6. The maximum Gasteiger partial charge on any atom is 0.255 e. The van der Waals surface area contributed by atoms with Crippen LogP contribution < -0.4 is 10.2 Å². The zero-order chi connectivity index (χ0) is 18.8. The van der Waals surface area contributed by atoms with Gasteiger partial charge in [-0.15, -0.1) is 0 Å². The van der Waals surface area contributed by atoms with E-state index in [1.807, 2.05) is 38.1 Å². The molecule has 0 unspecified atom stereocenters. The van der Waals surface area contributed by atoms with Crippen molar-refractivity contribution in [3.05, 3.63) is 59.2 Å². The van der Waals surface area contributed by atoms with Gasteiger partial charge in [-0.3, -0.25) is 9.69 Å². The summed E-state index contributed by atoms with van der Waals surface area (Å²) in [5, 5.41) is 3.06. The van der Waals surface area contributed by atoms with Gasteiger partial charge in [0.05, 0.1) is 0 Å². The number of nitrogens with one attached hydrogen (secondary N) is 1. The van der Waals surface area contributed by atoms with Gasteiger partial charge in [-0.2, -0.15) is 0 Å². The molecule has 1 amide bonds. The van der Waals surface area contributed by atoms with Crippen LogP contribution in [0.3, 0.4) is 0 Å². The number of nitrogens with zero attached hydrogens (tertiary/aromatic N) is 2. The van der Waals surface area contributed by atoms with E-state index in [9.17, 15) is 4.79 Å². The summed E-state index contributed by atoms with van der Waals surface area (Å²) in [6, 6.07) is 14.2. The topological polar surface area (TPSA) is 35.6 Å². The number of rotatable bonds is 5. The lowest BCUT2D eigenvalue weighted by Gasteiger charge is -2.36. The Kier molecular flexibility index (Phi) is 5.17. The van der Waals surface area contributed by atoms with Crippen molar-refractivity contribution in [2.24, 2.45) is 5.92 Å². The highest BCUT2D eigenvalue weighted by atomic mass is 16.1. The Morgan fingerprint density at radius 3 is 2.37 bits per heavy atom. The maximum atomic E-state index is 12.6. The SMILES string of the molecule is Cc1cc(C)cc(C(=O)Nc2cccc(N3CCN(CC4CC4)CC3)c2)c1. The van der Waals surface area contributed by atoms with Gasteiger partial charge >= 0.3 is 0 Å². The van der Waals surface area contributed by atoms with E-state index < -0.39 is 0 Å². The summed E-state index contributed by atoms with van der Waals surface area (Å²) in [6.45, 7) is 9.70. The van der Waals surface area contributed by atoms with E-state index in [0.29, 0.717) is 5.56 Å². The lowest BCUT2D eigenvalue weighted by molar-refractivity contribution is 0.102. The van der Waals surface area contributed by atoms with Gasteiger partial charge in [0, 0.05) is 49.7 Å². The van der Waals surface area contributed by atoms with E-state index >= 15 is 0 Å². The summed E-state index contributed by atoms with van der Waals surface area (Å²) in [5.74, 6) is 0.911. The van der Waals surface area contributed by atoms with Crippen LogP contribution in [0.15, 0.2) is 42.5 Å². The van der Waals surface area contributed by atoms with E-state index in [2.05, 4.69) is 33.3 Å². The minimum Gasteiger partial charge on any atom is -0.369 e. The molecule has 2 aromatic carbocycles. The van der Waals surface area contributed by atoms with Crippen molar-refractivity contribution in [1.29, 1.82) is 0 Å². The number of anilines is 2. The molecule has 1 aliphatic heterocycles. The first kappa shape index (κ1) is 18.1. The summed E-state index contributed by atoms with van der Waals surface area (Å²) in [5.41, 5.74) is 4.99. The molecule has 0 bridgehead atoms. The minimum absolute atomic E-state index is 0.0480. The van der Waals surface area contributed by atoms with Gasteiger partial charge in [0.25, 0.3) is 5.91 Å². The molecule has 1 saturated heterocycles. The number of amides is 1. The number of carbonyl (C=O) groups excluding carboxylic acids is 1. The van der Waals surface area contributed by atoms with Gasteiger partial charge < -0.3 is 10.2 Å². The van der Waals surface area contributed by atoms with Crippen molar-refractivity contribution in [3.63, 3.8) is 0 Å². The third kappa shape index (κ3) is 4.69. The molecular weight excluding hydrogens is 334 g/mol. The van der Waals surface area contributed by atoms with Crippen molar-refractivity contribution in [2.75, 3.05) is 42.9 Å². The summed E-state index contributed by atoms with van der Waals surface area (Å²) in [6.07, 6.45) is 2.84. The molecule has 1 saturated carbocycles. The molecule has 0 atom stereocenters. The first-order valence-corrected chi connectivity index (χ1v) is 10.0. The molecule has 2 aromatic rings. The quantitative estimate of drug-likeness (QED) is 0.869. The fraction of sp³-hybridized carbons (Fsp3) is 0.435. The zero-order valence-electron chi connectivity index (χ0n) is 16.4. The zero-order valence-corrected chi connectivity index (χ0v) is 16.4. The van der Waals surface area contributed by atoms with Crippen LogP contribution in [0.1, 0.15) is 34.3 Å². The summed E-state index contributed by atoms with van der Waals surface area (Å²) in [4.78, 5) is 17.6. The highest BCUT2D eigenvalue weighted by Gasteiger charge is 2.26. The first-order valence-electron chi connectivity index (χ1n) is 10.0. The second-order valence-corrected chi connectivity index (χ2v) is 8.11. The molecule has 2 aliphatic rings. The van der Waals surface area contributed by atoms with Gasteiger partial charge in [0.15, 0.2) is 0 Å². The van der Waals surface area contributed by atoms with Crippen LogP contribution in [0.4, 0.5) is 11.4 Å². The molecule has 0 spiro atoms. The third-order valence-corrected chi connectivity index (χ3v) is 5.54. The highest BCUT2D eigenvalue weighted by molar-refractivity contribution is 6.04. The molecule has 0 radical (unpaired) electrons. The van der Waals surface area contributed by atoms with E-state index in [1.165, 1.54) is 25.1 Å². The van der Waals surface area contributed by atoms with Gasteiger partial charge in [0.2, 0.25) is 0 Å². The molecule has 1 aliphatic carbocycles. The van der Waals surface area contributed by atoms with Gasteiger partial charge in [-0.1, -0.05) is 23.3 Å². The third-order valence-electron chi connectivity index (χ3n) is 5.54.